The molecule has 2 unspecified atom stereocenters. The molecule has 0 saturated carbocycles. The molecule has 0 aromatic carbocycles. The Balaban J connectivity index is 3.78. The van der Waals surface area contributed by atoms with Crippen molar-refractivity contribution in [3.8, 4) is 0 Å². The van der Waals surface area contributed by atoms with Gasteiger partial charge in [0.1, 0.15) is 0 Å². The van der Waals surface area contributed by atoms with Gasteiger partial charge < -0.3 is 20.1 Å². The number of hydrogen-bond donors (Lipinski definition) is 4. The number of carbonyl (C=O) groups excluding carboxylic acids is 1. The lowest BCUT2D eigenvalue weighted by Gasteiger charge is -2.19. The van der Waals surface area contributed by atoms with Gasteiger partial charge in [-0.1, -0.05) is 0 Å². The summed E-state index contributed by atoms with van der Waals surface area (Å²) in [5.41, 5.74) is 0. The van der Waals surface area contributed by atoms with Gasteiger partial charge in [-0.2, -0.15) is 0 Å². The number of esters is 1. The number of rotatable bonds is 6. The molecule has 78 valence electrons. The van der Waals surface area contributed by atoms with Gasteiger partial charge in [0.05, 0.1) is 39.0 Å². The number of carbonyl (C=O) groups is 1. The van der Waals surface area contributed by atoms with Crippen LogP contribution in [0.5, 0.6) is 0 Å². The Hall–Kier alpha value is -0.690. The summed E-state index contributed by atoms with van der Waals surface area (Å²) in [5, 5.41) is 28.9. The van der Waals surface area contributed by atoms with Gasteiger partial charge in [0, 0.05) is 0 Å². The molecule has 0 aliphatic rings. The van der Waals surface area contributed by atoms with Crippen LogP contribution in [0.15, 0.2) is 0 Å². The molecule has 0 bridgehead atoms. The summed E-state index contributed by atoms with van der Waals surface area (Å²) in [6, 6.07) is -0.718. The molecule has 0 aliphatic carbocycles. The van der Waals surface area contributed by atoms with Gasteiger partial charge in [0.2, 0.25) is 0 Å². The number of ether oxygens (including phenoxy) is 1. The van der Waals surface area contributed by atoms with Gasteiger partial charge >= 0.3 is 5.97 Å². The highest BCUT2D eigenvalue weighted by atomic mass is 16.5. The van der Waals surface area contributed by atoms with Gasteiger partial charge in [-0.15, -0.1) is 0 Å². The Morgan fingerprint density at radius 3 is 2.46 bits per heavy atom. The topological polar surface area (TPSA) is 99.0 Å². The second-order valence-electron chi connectivity index (χ2n) is 2.50. The summed E-state index contributed by atoms with van der Waals surface area (Å²) in [7, 11) is 1.24. The van der Waals surface area contributed by atoms with Crippen LogP contribution in [-0.2, 0) is 9.53 Å². The van der Waals surface area contributed by atoms with E-state index in [1.807, 2.05) is 0 Å². The van der Waals surface area contributed by atoms with Crippen LogP contribution in [0.3, 0.4) is 0 Å². The van der Waals surface area contributed by atoms with Crippen molar-refractivity contribution in [3.05, 3.63) is 0 Å². The molecule has 4 N–H and O–H groups in total. The molecule has 0 fully saturated rings. The predicted molar refractivity (Wildman–Crippen MR) is 44.0 cm³/mol. The van der Waals surface area contributed by atoms with Crippen molar-refractivity contribution in [3.63, 3.8) is 0 Å². The monoisotopic (exact) mass is 193 g/mol. The predicted octanol–water partition coefficient (Wildman–Crippen LogP) is -2.54. The van der Waals surface area contributed by atoms with Crippen molar-refractivity contribution >= 4 is 5.97 Å². The molecule has 0 aromatic heterocycles. The van der Waals surface area contributed by atoms with Crippen molar-refractivity contribution < 1.29 is 24.9 Å². The first-order valence-corrected chi connectivity index (χ1v) is 3.85. The molecule has 6 nitrogen and oxygen atoms in total. The fourth-order valence-electron chi connectivity index (χ4n) is 0.736. The van der Waals surface area contributed by atoms with Gasteiger partial charge in [0.25, 0.3) is 0 Å². The maximum atomic E-state index is 10.6. The second kappa shape index (κ2) is 6.79. The number of nitrogens with one attached hydrogen (secondary N) is 1. The number of hydrogen-bond acceptors (Lipinski definition) is 6. The van der Waals surface area contributed by atoms with Crippen LogP contribution in [0.2, 0.25) is 0 Å². The Morgan fingerprint density at radius 2 is 2.08 bits per heavy atom. The van der Waals surface area contributed by atoms with E-state index < -0.39 is 24.7 Å². The van der Waals surface area contributed by atoms with Crippen molar-refractivity contribution in [2.45, 2.75) is 12.1 Å². The van der Waals surface area contributed by atoms with Crippen LogP contribution >= 0.6 is 0 Å². The van der Waals surface area contributed by atoms with Crippen LogP contribution in [0, 0.1) is 0 Å². The number of methoxy groups -OCH3 is 1. The number of aliphatic hydroxyl groups excluding tert-OH is 3. The smallest absolute Gasteiger partial charge is 0.319 e. The molecule has 0 aliphatic heterocycles. The first kappa shape index (κ1) is 12.3. The van der Waals surface area contributed by atoms with E-state index in [1.54, 1.807) is 0 Å². The first-order valence-electron chi connectivity index (χ1n) is 3.85. The minimum absolute atomic E-state index is 0.112. The van der Waals surface area contributed by atoms with E-state index in [1.165, 1.54) is 7.11 Å². The lowest BCUT2D eigenvalue weighted by atomic mass is 10.2. The molecule has 0 aromatic rings. The molecule has 13 heavy (non-hydrogen) atoms. The summed E-state index contributed by atoms with van der Waals surface area (Å²) < 4.78 is 4.33. The third-order valence-electron chi connectivity index (χ3n) is 1.58. The van der Waals surface area contributed by atoms with Gasteiger partial charge in [-0.3, -0.25) is 10.1 Å². The zero-order valence-electron chi connectivity index (χ0n) is 7.43. The van der Waals surface area contributed by atoms with Crippen LogP contribution in [0.4, 0.5) is 0 Å². The van der Waals surface area contributed by atoms with Gasteiger partial charge in [0.15, 0.2) is 0 Å². The number of aliphatic hydroxyl groups is 3. The maximum Gasteiger partial charge on any atom is 0.319 e. The highest BCUT2D eigenvalue weighted by Crippen LogP contribution is 1.91. The second-order valence-corrected chi connectivity index (χ2v) is 2.50. The van der Waals surface area contributed by atoms with E-state index >= 15 is 0 Å². The summed E-state index contributed by atoms with van der Waals surface area (Å²) in [6.45, 7) is -0.948. The summed E-state index contributed by atoms with van der Waals surface area (Å²) in [6.07, 6.45) is -1.09. The Morgan fingerprint density at radius 1 is 1.46 bits per heavy atom. The average Bonchev–Trinajstić information content (AvgIpc) is 2.17. The van der Waals surface area contributed by atoms with Gasteiger partial charge in [-0.05, 0) is 0 Å². The molecule has 0 rings (SSSR count). The molecule has 6 heteroatoms. The van der Waals surface area contributed by atoms with E-state index in [0.717, 1.165) is 0 Å². The Kier molecular flexibility index (Phi) is 6.43. The van der Waals surface area contributed by atoms with E-state index in [0.29, 0.717) is 0 Å². The molecule has 0 spiro atoms. The molecule has 0 amide bonds. The molecule has 0 saturated heterocycles. The largest absolute Gasteiger partial charge is 0.468 e. The van der Waals surface area contributed by atoms with Crippen molar-refractivity contribution in [1.82, 2.24) is 5.32 Å². The lowest BCUT2D eigenvalue weighted by Crippen LogP contribution is -2.46. The van der Waals surface area contributed by atoms with E-state index in [4.69, 9.17) is 15.3 Å². The fraction of sp³-hybridized carbons (Fsp3) is 0.857. The third kappa shape index (κ3) is 4.79. The van der Waals surface area contributed by atoms with Crippen LogP contribution in [0.25, 0.3) is 0 Å². The van der Waals surface area contributed by atoms with Crippen LogP contribution < -0.4 is 5.32 Å². The minimum Gasteiger partial charge on any atom is -0.468 e. The molecular weight excluding hydrogens is 178 g/mol. The summed E-state index contributed by atoms with van der Waals surface area (Å²) in [4.78, 5) is 10.6. The summed E-state index contributed by atoms with van der Waals surface area (Å²) >= 11 is 0. The molecular formula is C7H15NO5. The normalized spacial score (nSPS) is 15.1. The fourth-order valence-corrected chi connectivity index (χ4v) is 0.736. The zero-order valence-corrected chi connectivity index (χ0v) is 7.43. The standard InChI is InChI=1S/C7H15NO5/c1-13-7(12)2-8-5(3-9)6(11)4-10/h5-6,8-11H,2-4H2,1H3. The highest BCUT2D eigenvalue weighted by Gasteiger charge is 2.17. The maximum absolute atomic E-state index is 10.6. The van der Waals surface area contributed by atoms with Gasteiger partial charge in [-0.25, -0.2) is 0 Å². The van der Waals surface area contributed by atoms with Crippen molar-refractivity contribution in [2.75, 3.05) is 26.9 Å². The van der Waals surface area contributed by atoms with Crippen LogP contribution in [0.1, 0.15) is 0 Å². The van der Waals surface area contributed by atoms with Crippen LogP contribution in [-0.4, -0.2) is 60.3 Å². The molecule has 0 radical (unpaired) electrons. The minimum atomic E-state index is -1.09. The first-order chi connectivity index (χ1) is 6.15. The van der Waals surface area contributed by atoms with Crippen molar-refractivity contribution in [1.29, 1.82) is 0 Å². The average molecular weight is 193 g/mol. The SMILES string of the molecule is COC(=O)CNC(CO)C(O)CO. The van der Waals surface area contributed by atoms with E-state index in [-0.39, 0.29) is 13.2 Å². The quantitative estimate of drug-likeness (QED) is 0.347. The van der Waals surface area contributed by atoms with Crippen molar-refractivity contribution in [2.24, 2.45) is 0 Å². The summed E-state index contributed by atoms with van der Waals surface area (Å²) in [5.74, 6) is -0.497. The van der Waals surface area contributed by atoms with E-state index in [2.05, 4.69) is 10.1 Å². The highest BCUT2D eigenvalue weighted by molar-refractivity contribution is 5.71. The molecule has 0 heterocycles. The Labute approximate surface area is 76.1 Å². The van der Waals surface area contributed by atoms with E-state index in [9.17, 15) is 4.79 Å². The molecule has 2 atom stereocenters. The zero-order chi connectivity index (χ0) is 10.3. The third-order valence-corrected chi connectivity index (χ3v) is 1.58. The lowest BCUT2D eigenvalue weighted by molar-refractivity contribution is -0.139. The Bertz CT molecular complexity index is 152.